The fraction of sp³-hybridized carbons (Fsp3) is 0.143. The van der Waals surface area contributed by atoms with Crippen LogP contribution in [0, 0.1) is 0 Å². The van der Waals surface area contributed by atoms with Gasteiger partial charge in [-0.2, -0.15) is 0 Å². The molecule has 0 saturated carbocycles. The summed E-state index contributed by atoms with van der Waals surface area (Å²) < 4.78 is 0. The normalized spacial score (nSPS) is 14.3. The monoisotopic (exact) mass is 281 g/mol. The number of fused-ring (bicyclic) bond motifs is 3. The molecule has 3 aromatic carbocycles. The minimum Gasteiger partial charge on any atom is -0.0814 e. The van der Waals surface area contributed by atoms with Crippen LogP contribution < -0.4 is 10.9 Å². The molecule has 1 radical (unpaired) electrons. The largest absolute Gasteiger partial charge is 0.191 e. The molecule has 105 valence electrons. The summed E-state index contributed by atoms with van der Waals surface area (Å²) in [6.07, 6.45) is 0. The van der Waals surface area contributed by atoms with E-state index in [4.69, 9.17) is 0 Å². The minimum atomic E-state index is 0.0759. The zero-order valence-electron chi connectivity index (χ0n) is 13.0. The van der Waals surface area contributed by atoms with E-state index in [-0.39, 0.29) is 5.41 Å². The molecule has 0 aliphatic heterocycles. The van der Waals surface area contributed by atoms with Gasteiger partial charge < -0.3 is 0 Å². The number of benzene rings is 3. The molecule has 4 rings (SSSR count). The third kappa shape index (κ3) is 2.01. The number of rotatable bonds is 2. The first-order valence-corrected chi connectivity index (χ1v) is 7.80. The maximum Gasteiger partial charge on any atom is 0.191 e. The van der Waals surface area contributed by atoms with Gasteiger partial charge in [-0.1, -0.05) is 97.6 Å². The third-order valence-electron chi connectivity index (χ3n) is 4.74. The second-order valence-corrected chi connectivity index (χ2v) is 6.53. The van der Waals surface area contributed by atoms with Crippen LogP contribution in [-0.4, -0.2) is 7.28 Å². The second-order valence-electron chi connectivity index (χ2n) is 6.53. The maximum atomic E-state index is 2.35. The van der Waals surface area contributed by atoms with Crippen molar-refractivity contribution in [3.8, 4) is 11.1 Å². The lowest BCUT2D eigenvalue weighted by Gasteiger charge is -2.22. The van der Waals surface area contributed by atoms with Gasteiger partial charge in [0.1, 0.15) is 0 Å². The molecule has 0 amide bonds. The fourth-order valence-corrected chi connectivity index (χ4v) is 3.55. The summed E-state index contributed by atoms with van der Waals surface area (Å²) in [5, 5.41) is 0. The second kappa shape index (κ2) is 4.88. The van der Waals surface area contributed by atoms with Gasteiger partial charge in [0.15, 0.2) is 7.28 Å². The van der Waals surface area contributed by atoms with E-state index in [0.29, 0.717) is 0 Å². The Morgan fingerprint density at radius 1 is 0.636 bits per heavy atom. The predicted octanol–water partition coefficient (Wildman–Crippen LogP) is 3.65. The summed E-state index contributed by atoms with van der Waals surface area (Å²) in [6, 6.07) is 26.1. The molecule has 0 saturated heterocycles. The van der Waals surface area contributed by atoms with Gasteiger partial charge >= 0.3 is 0 Å². The summed E-state index contributed by atoms with van der Waals surface area (Å²) in [4.78, 5) is 0. The summed E-state index contributed by atoms with van der Waals surface area (Å²) in [5.41, 5.74) is 8.22. The van der Waals surface area contributed by atoms with Crippen molar-refractivity contribution >= 4 is 18.2 Å². The molecule has 0 bridgehead atoms. The molecule has 0 unspecified atom stereocenters. The van der Waals surface area contributed by atoms with Crippen molar-refractivity contribution in [2.45, 2.75) is 19.3 Å². The van der Waals surface area contributed by atoms with Gasteiger partial charge in [-0.3, -0.25) is 0 Å². The molecule has 1 aliphatic rings. The van der Waals surface area contributed by atoms with Crippen molar-refractivity contribution in [2.24, 2.45) is 0 Å². The molecule has 1 heteroatoms. The van der Waals surface area contributed by atoms with Crippen LogP contribution in [0.3, 0.4) is 0 Å². The Balaban J connectivity index is 1.79. The fourth-order valence-electron chi connectivity index (χ4n) is 3.55. The molecule has 0 fully saturated rings. The Morgan fingerprint density at radius 3 is 2.14 bits per heavy atom. The SMILES string of the molecule is CC1(C)c2ccccc2-c2ccc([B]c3ccccc3)cc21. The Morgan fingerprint density at radius 2 is 1.32 bits per heavy atom. The van der Waals surface area contributed by atoms with Crippen LogP contribution in [0.25, 0.3) is 11.1 Å². The van der Waals surface area contributed by atoms with E-state index in [1.165, 1.54) is 33.2 Å². The lowest BCUT2D eigenvalue weighted by Crippen LogP contribution is -2.28. The van der Waals surface area contributed by atoms with E-state index in [1.54, 1.807) is 0 Å². The van der Waals surface area contributed by atoms with E-state index in [2.05, 4.69) is 93.9 Å². The lowest BCUT2D eigenvalue weighted by molar-refractivity contribution is 0.661. The minimum absolute atomic E-state index is 0.0759. The summed E-state index contributed by atoms with van der Waals surface area (Å²) in [7, 11) is 2.25. The highest BCUT2D eigenvalue weighted by Crippen LogP contribution is 2.47. The van der Waals surface area contributed by atoms with E-state index in [1.807, 2.05) is 0 Å². The van der Waals surface area contributed by atoms with Gasteiger partial charge in [0.25, 0.3) is 0 Å². The van der Waals surface area contributed by atoms with Gasteiger partial charge in [0, 0.05) is 5.41 Å². The van der Waals surface area contributed by atoms with Crippen LogP contribution in [0.1, 0.15) is 25.0 Å². The average Bonchev–Trinajstić information content (AvgIpc) is 2.77. The molecule has 1 aliphatic carbocycles. The van der Waals surface area contributed by atoms with Gasteiger partial charge in [0.05, 0.1) is 0 Å². The smallest absolute Gasteiger partial charge is 0.0814 e. The van der Waals surface area contributed by atoms with Crippen LogP contribution in [0.4, 0.5) is 0 Å². The number of hydrogen-bond acceptors (Lipinski definition) is 0. The van der Waals surface area contributed by atoms with E-state index < -0.39 is 0 Å². The van der Waals surface area contributed by atoms with Crippen LogP contribution >= 0.6 is 0 Å². The quantitative estimate of drug-likeness (QED) is 0.629. The number of hydrogen-bond donors (Lipinski definition) is 0. The summed E-state index contributed by atoms with van der Waals surface area (Å²) in [6.45, 7) is 4.65. The summed E-state index contributed by atoms with van der Waals surface area (Å²) >= 11 is 0. The van der Waals surface area contributed by atoms with Crippen molar-refractivity contribution in [2.75, 3.05) is 0 Å². The van der Waals surface area contributed by atoms with Crippen LogP contribution in [-0.2, 0) is 5.41 Å². The Bertz CT molecular complexity index is 832. The van der Waals surface area contributed by atoms with Crippen molar-refractivity contribution in [1.29, 1.82) is 0 Å². The van der Waals surface area contributed by atoms with Gasteiger partial charge in [-0.25, -0.2) is 0 Å². The van der Waals surface area contributed by atoms with E-state index in [0.717, 1.165) is 0 Å². The molecular formula is C21H18B. The summed E-state index contributed by atoms with van der Waals surface area (Å²) in [5.74, 6) is 0. The predicted molar refractivity (Wildman–Crippen MR) is 95.5 cm³/mol. The Labute approximate surface area is 133 Å². The van der Waals surface area contributed by atoms with Crippen LogP contribution in [0.2, 0.25) is 0 Å². The topological polar surface area (TPSA) is 0 Å². The molecule has 0 atom stereocenters. The van der Waals surface area contributed by atoms with Gasteiger partial charge in [0.2, 0.25) is 0 Å². The van der Waals surface area contributed by atoms with Crippen LogP contribution in [0.15, 0.2) is 72.8 Å². The first-order valence-electron chi connectivity index (χ1n) is 7.80. The van der Waals surface area contributed by atoms with Crippen molar-refractivity contribution in [1.82, 2.24) is 0 Å². The molecule has 0 spiro atoms. The highest BCUT2D eigenvalue weighted by atomic mass is 14.4. The molecule has 3 aromatic rings. The standard InChI is InChI=1S/C21H18B/c1-21(2)19-11-7-6-10-17(19)18-13-12-16(14-20(18)21)22-15-8-4-3-5-9-15/h3-14H,1-2H3. The lowest BCUT2D eigenvalue weighted by atomic mass is 9.63. The van der Waals surface area contributed by atoms with Gasteiger partial charge in [-0.15, -0.1) is 0 Å². The zero-order chi connectivity index (χ0) is 15.2. The molecule has 0 aromatic heterocycles. The van der Waals surface area contributed by atoms with Crippen molar-refractivity contribution in [3.63, 3.8) is 0 Å². The van der Waals surface area contributed by atoms with Gasteiger partial charge in [-0.05, 0) is 22.3 Å². The van der Waals surface area contributed by atoms with E-state index >= 15 is 0 Å². The molecular weight excluding hydrogens is 263 g/mol. The van der Waals surface area contributed by atoms with Crippen molar-refractivity contribution < 1.29 is 0 Å². The molecule has 0 nitrogen and oxygen atoms in total. The first kappa shape index (κ1) is 13.4. The average molecular weight is 281 g/mol. The third-order valence-corrected chi connectivity index (χ3v) is 4.74. The van der Waals surface area contributed by atoms with E-state index in [9.17, 15) is 0 Å². The van der Waals surface area contributed by atoms with Crippen molar-refractivity contribution in [3.05, 3.63) is 83.9 Å². The molecule has 0 heterocycles. The molecule has 0 N–H and O–H groups in total. The van der Waals surface area contributed by atoms with Crippen LogP contribution in [0.5, 0.6) is 0 Å². The Hall–Kier alpha value is -2.28. The maximum absolute atomic E-state index is 2.35. The molecule has 22 heavy (non-hydrogen) atoms. The highest BCUT2D eigenvalue weighted by molar-refractivity contribution is 6.67. The first-order chi connectivity index (χ1) is 10.7. The highest BCUT2D eigenvalue weighted by Gasteiger charge is 2.34. The zero-order valence-corrected chi connectivity index (χ0v) is 13.0. The Kier molecular flexibility index (Phi) is 2.97.